The van der Waals surface area contributed by atoms with Gasteiger partial charge in [0.25, 0.3) is 11.8 Å². The molecule has 2 heterocycles. The van der Waals surface area contributed by atoms with Crippen molar-refractivity contribution in [2.75, 3.05) is 52.6 Å². The van der Waals surface area contributed by atoms with E-state index in [1.165, 1.54) is 40.1 Å². The van der Waals surface area contributed by atoms with Crippen molar-refractivity contribution in [2.45, 2.75) is 26.2 Å². The summed E-state index contributed by atoms with van der Waals surface area (Å²) in [5.41, 5.74) is 0.416. The second-order valence-electron chi connectivity index (χ2n) is 10.9. The van der Waals surface area contributed by atoms with Crippen LogP contribution >= 0.6 is 0 Å². The highest BCUT2D eigenvalue weighted by Gasteiger charge is 2.31. The van der Waals surface area contributed by atoms with Gasteiger partial charge in [-0.3, -0.25) is 9.59 Å². The highest BCUT2D eigenvalue weighted by atomic mass is 28.4. The smallest absolute Gasteiger partial charge is 0.336 e. The van der Waals surface area contributed by atoms with Gasteiger partial charge >= 0.3 is 29.1 Å². The third kappa shape index (κ3) is 7.51. The van der Waals surface area contributed by atoms with Crippen molar-refractivity contribution in [3.63, 3.8) is 0 Å². The predicted octanol–water partition coefficient (Wildman–Crippen LogP) is 3.13. The van der Waals surface area contributed by atoms with Gasteiger partial charge in [-0.1, -0.05) is 12.1 Å². The number of carboxylic acid groups (broad SMARTS) is 2. The number of amides is 2. The van der Waals surface area contributed by atoms with Crippen LogP contribution in [0.5, 0.6) is 0 Å². The zero-order valence-electron chi connectivity index (χ0n) is 24.2. The fourth-order valence-corrected chi connectivity index (χ4v) is 7.33. The minimum absolute atomic E-state index is 0.00823. The summed E-state index contributed by atoms with van der Waals surface area (Å²) in [5, 5.41) is 19.8. The third-order valence-electron chi connectivity index (χ3n) is 7.11. The van der Waals surface area contributed by atoms with Gasteiger partial charge in [-0.15, -0.1) is 0 Å². The summed E-state index contributed by atoms with van der Waals surface area (Å²) in [6.07, 6.45) is 0. The van der Waals surface area contributed by atoms with Crippen molar-refractivity contribution < 1.29 is 47.1 Å². The first-order chi connectivity index (χ1) is 19.8. The minimum atomic E-state index is -2.27. The minimum Gasteiger partial charge on any atom is -0.478 e. The van der Waals surface area contributed by atoms with E-state index in [-0.39, 0.29) is 61.8 Å². The Bertz CT molecular complexity index is 1360. The quantitative estimate of drug-likeness (QED) is 0.479. The number of hydrogen-bond acceptors (Lipinski definition) is 8. The van der Waals surface area contributed by atoms with E-state index in [4.69, 9.17) is 17.7 Å². The second-order valence-corrected chi connectivity index (χ2v) is 17.7. The summed E-state index contributed by atoms with van der Waals surface area (Å²) in [4.78, 5) is 54.1. The molecule has 0 bridgehead atoms. The van der Waals surface area contributed by atoms with Crippen LogP contribution in [0.4, 0.5) is 0 Å². The molecule has 0 aliphatic carbocycles. The summed E-state index contributed by atoms with van der Waals surface area (Å²) < 4.78 is 23.2. The van der Waals surface area contributed by atoms with Crippen LogP contribution in [-0.4, -0.2) is 113 Å². The molecule has 0 atom stereocenters. The van der Waals surface area contributed by atoms with Crippen molar-refractivity contribution in [1.82, 2.24) is 9.80 Å². The molecular weight excluding hydrogens is 580 g/mol. The van der Waals surface area contributed by atoms with Crippen LogP contribution in [-0.2, 0) is 17.7 Å². The number of rotatable bonds is 5. The predicted molar refractivity (Wildman–Crippen MR) is 156 cm³/mol. The standard InChI is InChI=1S/C28H36N2O10Si2/c1-41(2)37-13-9-29(10-14-38-41)25(31)21-7-5-20(18-24(21)28(35)36)19-6-8-22(27(33)34)23(17-19)26(32)30-11-15-39-42(3,4)40-16-12-30/h5-8,17-18H,9-16H2,1-4H3,(H,33,34)(H,35,36). The lowest BCUT2D eigenvalue weighted by Crippen LogP contribution is -2.46. The molecule has 0 unspecified atom stereocenters. The van der Waals surface area contributed by atoms with Gasteiger partial charge in [0.05, 0.1) is 48.7 Å². The molecule has 2 aromatic rings. The van der Waals surface area contributed by atoms with Crippen molar-refractivity contribution in [2.24, 2.45) is 0 Å². The topological polar surface area (TPSA) is 152 Å². The Hall–Kier alpha value is -3.41. The fraction of sp³-hybridized carbons (Fsp3) is 0.429. The molecule has 226 valence electrons. The Labute approximate surface area is 246 Å². The molecule has 12 nitrogen and oxygen atoms in total. The SMILES string of the molecule is C[Si]1(C)OCCN(C(=O)c2ccc(-c3ccc(C(=O)O)c(C(=O)N4CCO[Si](C)(C)OCC4)c3)cc2C(=O)O)CCO1. The van der Waals surface area contributed by atoms with Crippen LogP contribution in [0.2, 0.25) is 26.2 Å². The number of carboxylic acids is 2. The van der Waals surface area contributed by atoms with Crippen molar-refractivity contribution >= 4 is 40.9 Å². The molecular formula is C28H36N2O10Si2. The van der Waals surface area contributed by atoms with E-state index >= 15 is 0 Å². The summed E-state index contributed by atoms with van der Waals surface area (Å²) in [7, 11) is -4.51. The molecule has 2 aliphatic rings. The van der Waals surface area contributed by atoms with E-state index < -0.39 is 40.9 Å². The van der Waals surface area contributed by atoms with Crippen LogP contribution in [0.25, 0.3) is 11.1 Å². The van der Waals surface area contributed by atoms with Crippen molar-refractivity contribution in [1.29, 1.82) is 0 Å². The Balaban J connectivity index is 1.63. The molecule has 2 amide bonds. The van der Waals surface area contributed by atoms with Gasteiger partial charge in [-0.25, -0.2) is 9.59 Å². The van der Waals surface area contributed by atoms with Gasteiger partial charge < -0.3 is 37.7 Å². The first-order valence-corrected chi connectivity index (χ1v) is 19.3. The summed E-state index contributed by atoms with van der Waals surface area (Å²) in [6.45, 7) is 9.92. The molecule has 2 aliphatic heterocycles. The number of carbonyl (C=O) groups excluding carboxylic acids is 2. The van der Waals surface area contributed by atoms with E-state index in [1.54, 1.807) is 6.07 Å². The van der Waals surface area contributed by atoms with E-state index in [1.807, 2.05) is 26.2 Å². The maximum absolute atomic E-state index is 13.5. The summed E-state index contributed by atoms with van der Waals surface area (Å²) in [6, 6.07) is 8.65. The average Bonchev–Trinajstić information content (AvgIpc) is 2.91. The highest BCUT2D eigenvalue weighted by molar-refractivity contribution is 6.64. The zero-order chi connectivity index (χ0) is 30.7. The number of hydrogen-bond donors (Lipinski definition) is 2. The number of aromatic carboxylic acids is 2. The molecule has 0 aromatic heterocycles. The second kappa shape index (κ2) is 12.8. The third-order valence-corrected chi connectivity index (χ3v) is 10.7. The Morgan fingerprint density at radius 3 is 1.33 bits per heavy atom. The summed E-state index contributed by atoms with van der Waals surface area (Å²) >= 11 is 0. The molecule has 2 N–H and O–H groups in total. The Morgan fingerprint density at radius 1 is 0.571 bits per heavy atom. The Kier molecular flexibility index (Phi) is 9.65. The van der Waals surface area contributed by atoms with E-state index in [0.29, 0.717) is 24.2 Å². The van der Waals surface area contributed by atoms with E-state index in [0.717, 1.165) is 0 Å². The maximum atomic E-state index is 13.5. The Morgan fingerprint density at radius 2 is 0.929 bits per heavy atom. The van der Waals surface area contributed by atoms with Crippen LogP contribution in [0.1, 0.15) is 41.4 Å². The summed E-state index contributed by atoms with van der Waals surface area (Å²) in [5.74, 6) is -3.52. The van der Waals surface area contributed by atoms with Crippen LogP contribution in [0.15, 0.2) is 36.4 Å². The van der Waals surface area contributed by atoms with Crippen molar-refractivity contribution in [3.05, 3.63) is 58.7 Å². The van der Waals surface area contributed by atoms with Gasteiger partial charge in [-0.2, -0.15) is 0 Å². The van der Waals surface area contributed by atoms with Gasteiger partial charge in [-0.05, 0) is 61.6 Å². The molecule has 14 heteroatoms. The van der Waals surface area contributed by atoms with Gasteiger partial charge in [0, 0.05) is 26.2 Å². The maximum Gasteiger partial charge on any atom is 0.336 e. The van der Waals surface area contributed by atoms with Gasteiger partial charge in [0.1, 0.15) is 0 Å². The number of nitrogens with zero attached hydrogens (tertiary/aromatic N) is 2. The van der Waals surface area contributed by atoms with Crippen LogP contribution in [0.3, 0.4) is 0 Å². The van der Waals surface area contributed by atoms with Gasteiger partial charge in [0.15, 0.2) is 0 Å². The molecule has 2 saturated heterocycles. The van der Waals surface area contributed by atoms with E-state index in [2.05, 4.69) is 0 Å². The number of benzene rings is 2. The molecule has 42 heavy (non-hydrogen) atoms. The zero-order valence-corrected chi connectivity index (χ0v) is 26.2. The number of carbonyl (C=O) groups is 4. The first kappa shape index (κ1) is 31.5. The molecule has 0 spiro atoms. The molecule has 0 radical (unpaired) electrons. The molecule has 2 aromatic carbocycles. The monoisotopic (exact) mass is 616 g/mol. The van der Waals surface area contributed by atoms with Gasteiger partial charge in [0.2, 0.25) is 0 Å². The van der Waals surface area contributed by atoms with Crippen molar-refractivity contribution in [3.8, 4) is 11.1 Å². The highest BCUT2D eigenvalue weighted by Crippen LogP contribution is 2.27. The lowest BCUT2D eigenvalue weighted by molar-refractivity contribution is 0.0581. The molecule has 2 fully saturated rings. The lowest BCUT2D eigenvalue weighted by atomic mass is 9.95. The normalized spacial score (nSPS) is 19.1. The lowest BCUT2D eigenvalue weighted by Gasteiger charge is -2.31. The van der Waals surface area contributed by atoms with E-state index in [9.17, 15) is 29.4 Å². The average molecular weight is 617 g/mol. The largest absolute Gasteiger partial charge is 0.478 e. The molecule has 4 rings (SSSR count). The molecule has 0 saturated carbocycles. The first-order valence-electron chi connectivity index (χ1n) is 13.7. The van der Waals surface area contributed by atoms with Crippen LogP contribution in [0, 0.1) is 0 Å². The fourth-order valence-electron chi connectivity index (χ4n) is 4.83. The van der Waals surface area contributed by atoms with Crippen LogP contribution < -0.4 is 0 Å².